The van der Waals surface area contributed by atoms with Crippen LogP contribution in [0.5, 0.6) is 0 Å². The molecule has 18 heavy (non-hydrogen) atoms. The van der Waals surface area contributed by atoms with Crippen LogP contribution in [0.2, 0.25) is 0 Å². The number of cyclic esters (lactones) is 1. The summed E-state index contributed by atoms with van der Waals surface area (Å²) >= 11 is 12.2. The highest BCUT2D eigenvalue weighted by molar-refractivity contribution is 6.32. The molecule has 2 nitrogen and oxygen atoms in total. The predicted octanol–water partition coefficient (Wildman–Crippen LogP) is 4.64. The number of halogens is 2. The molecule has 1 fully saturated rings. The largest absolute Gasteiger partial charge is 0.458 e. The second kappa shape index (κ2) is 8.06. The van der Waals surface area contributed by atoms with Crippen LogP contribution in [-0.4, -0.2) is 18.0 Å². The van der Waals surface area contributed by atoms with Crippen LogP contribution in [0.15, 0.2) is 10.6 Å². The van der Waals surface area contributed by atoms with E-state index < -0.39 is 0 Å². The second-order valence-corrected chi connectivity index (χ2v) is 5.53. The molecule has 0 saturated carbocycles. The third-order valence-electron chi connectivity index (χ3n) is 3.32. The number of alkyl halides is 1. The number of hydrogen-bond donors (Lipinski definition) is 0. The monoisotopic (exact) mass is 292 g/mol. The molecule has 2 atom stereocenters. The van der Waals surface area contributed by atoms with Gasteiger partial charge in [-0.3, -0.25) is 0 Å². The lowest BCUT2D eigenvalue weighted by molar-refractivity contribution is -0.139. The number of unbranched alkanes of at least 4 members (excludes halogenated alkanes) is 2. The van der Waals surface area contributed by atoms with Crippen LogP contribution in [0, 0.1) is 5.92 Å². The molecule has 0 bridgehead atoms. The van der Waals surface area contributed by atoms with Gasteiger partial charge in [-0.1, -0.05) is 44.7 Å². The van der Waals surface area contributed by atoms with Crippen molar-refractivity contribution < 1.29 is 9.53 Å². The second-order valence-electron chi connectivity index (χ2n) is 4.77. The van der Waals surface area contributed by atoms with E-state index in [9.17, 15) is 4.79 Å². The van der Waals surface area contributed by atoms with Crippen LogP contribution in [0.25, 0.3) is 0 Å². The van der Waals surface area contributed by atoms with E-state index in [0.717, 1.165) is 38.5 Å². The average molecular weight is 293 g/mol. The molecule has 1 saturated heterocycles. The van der Waals surface area contributed by atoms with Gasteiger partial charge in [-0.05, 0) is 19.3 Å². The van der Waals surface area contributed by atoms with Crippen molar-refractivity contribution in [1.82, 2.24) is 0 Å². The van der Waals surface area contributed by atoms with Crippen molar-refractivity contribution in [2.45, 2.75) is 58.5 Å². The molecule has 104 valence electrons. The van der Waals surface area contributed by atoms with Gasteiger partial charge in [-0.25, -0.2) is 4.79 Å². The highest BCUT2D eigenvalue weighted by Gasteiger charge is 2.40. The number of allylic oxidation sites excluding steroid dienone is 1. The van der Waals surface area contributed by atoms with Gasteiger partial charge in [0.05, 0.1) is 5.57 Å². The van der Waals surface area contributed by atoms with E-state index in [4.69, 9.17) is 27.9 Å². The Morgan fingerprint density at radius 2 is 2.00 bits per heavy atom. The molecule has 0 spiro atoms. The van der Waals surface area contributed by atoms with Crippen molar-refractivity contribution in [3.63, 3.8) is 0 Å². The van der Waals surface area contributed by atoms with Gasteiger partial charge in [0.1, 0.15) is 6.10 Å². The van der Waals surface area contributed by atoms with Crippen molar-refractivity contribution in [2.75, 3.05) is 5.88 Å². The number of rotatable bonds is 7. The van der Waals surface area contributed by atoms with E-state index >= 15 is 0 Å². The Balaban J connectivity index is 2.75. The van der Waals surface area contributed by atoms with Crippen molar-refractivity contribution in [2.24, 2.45) is 5.92 Å². The van der Waals surface area contributed by atoms with Gasteiger partial charge in [0, 0.05) is 16.8 Å². The fraction of sp³-hybridized carbons (Fsp3) is 0.786. The van der Waals surface area contributed by atoms with Crippen molar-refractivity contribution in [3.8, 4) is 0 Å². The summed E-state index contributed by atoms with van der Waals surface area (Å²) < 4.78 is 5.43. The molecule has 0 aliphatic carbocycles. The highest BCUT2D eigenvalue weighted by Crippen LogP contribution is 2.36. The van der Waals surface area contributed by atoms with Crippen molar-refractivity contribution in [1.29, 1.82) is 0 Å². The first-order valence-corrected chi connectivity index (χ1v) is 7.72. The number of ether oxygens (including phenoxy) is 1. The maximum absolute atomic E-state index is 11.9. The van der Waals surface area contributed by atoms with E-state index in [1.54, 1.807) is 0 Å². The fourth-order valence-electron chi connectivity index (χ4n) is 2.32. The zero-order valence-electron chi connectivity index (χ0n) is 11.2. The summed E-state index contributed by atoms with van der Waals surface area (Å²) in [5.74, 6) is 0.105. The normalized spacial score (nSPS) is 26.3. The minimum atomic E-state index is -0.263. The van der Waals surface area contributed by atoms with Crippen LogP contribution in [0.4, 0.5) is 0 Å². The third-order valence-corrected chi connectivity index (χ3v) is 4.04. The predicted molar refractivity (Wildman–Crippen MR) is 76.0 cm³/mol. The van der Waals surface area contributed by atoms with Crippen LogP contribution >= 0.6 is 23.2 Å². The lowest BCUT2D eigenvalue weighted by atomic mass is 9.93. The third kappa shape index (κ3) is 3.89. The summed E-state index contributed by atoms with van der Waals surface area (Å²) in [5, 5.41) is 0.631. The molecule has 1 rings (SSSR count). The quantitative estimate of drug-likeness (QED) is 0.296. The number of carbonyl (C=O) groups is 1. The molecule has 0 radical (unpaired) electrons. The summed E-state index contributed by atoms with van der Waals surface area (Å²) in [6.45, 7) is 4.20. The minimum absolute atomic E-state index is 0.0323. The lowest BCUT2D eigenvalue weighted by Gasteiger charge is -2.15. The maximum atomic E-state index is 11.9. The molecule has 0 aromatic heterocycles. The van der Waals surface area contributed by atoms with Crippen molar-refractivity contribution in [3.05, 3.63) is 10.6 Å². The molecule has 0 aromatic rings. The van der Waals surface area contributed by atoms with Crippen LogP contribution in [-0.2, 0) is 9.53 Å². The Hall–Kier alpha value is -0.210. The molecular formula is C14H22Cl2O2. The van der Waals surface area contributed by atoms with Crippen LogP contribution < -0.4 is 0 Å². The van der Waals surface area contributed by atoms with Gasteiger partial charge in [-0.15, -0.1) is 11.6 Å². The summed E-state index contributed by atoms with van der Waals surface area (Å²) in [6.07, 6.45) is 5.84. The van der Waals surface area contributed by atoms with E-state index in [0.29, 0.717) is 16.5 Å². The Bertz CT molecular complexity index is 313. The fourth-order valence-corrected chi connectivity index (χ4v) is 3.08. The highest BCUT2D eigenvalue weighted by atomic mass is 35.5. The Kier molecular flexibility index (Phi) is 7.10. The zero-order valence-corrected chi connectivity index (χ0v) is 12.7. The first-order valence-electron chi connectivity index (χ1n) is 6.81. The van der Waals surface area contributed by atoms with E-state index in [1.165, 1.54) is 0 Å². The van der Waals surface area contributed by atoms with E-state index in [-0.39, 0.29) is 18.0 Å². The lowest BCUT2D eigenvalue weighted by Crippen LogP contribution is -2.18. The first-order chi connectivity index (χ1) is 8.65. The number of esters is 1. The van der Waals surface area contributed by atoms with Crippen LogP contribution in [0.1, 0.15) is 52.4 Å². The van der Waals surface area contributed by atoms with Gasteiger partial charge in [0.25, 0.3) is 0 Å². The van der Waals surface area contributed by atoms with Gasteiger partial charge >= 0.3 is 5.97 Å². The topological polar surface area (TPSA) is 26.3 Å². The average Bonchev–Trinajstić information content (AvgIpc) is 2.66. The Labute approximate surface area is 120 Å². The van der Waals surface area contributed by atoms with Crippen LogP contribution in [0.3, 0.4) is 0 Å². The Morgan fingerprint density at radius 1 is 1.28 bits per heavy atom. The summed E-state index contributed by atoms with van der Waals surface area (Å²) in [4.78, 5) is 11.9. The summed E-state index contributed by atoms with van der Waals surface area (Å²) in [7, 11) is 0. The number of carbonyl (C=O) groups excluding carboxylic acids is 1. The molecule has 4 heteroatoms. The molecule has 1 aliphatic heterocycles. The van der Waals surface area contributed by atoms with E-state index in [2.05, 4.69) is 6.92 Å². The molecule has 0 unspecified atom stereocenters. The smallest absolute Gasteiger partial charge is 0.335 e. The molecule has 1 heterocycles. The van der Waals surface area contributed by atoms with E-state index in [1.807, 2.05) is 6.92 Å². The van der Waals surface area contributed by atoms with Gasteiger partial charge in [0.15, 0.2) is 0 Å². The van der Waals surface area contributed by atoms with Gasteiger partial charge in [0.2, 0.25) is 0 Å². The van der Waals surface area contributed by atoms with Crippen molar-refractivity contribution >= 4 is 29.2 Å². The zero-order chi connectivity index (χ0) is 13.5. The summed E-state index contributed by atoms with van der Waals surface area (Å²) in [5.41, 5.74) is 0.620. The minimum Gasteiger partial charge on any atom is -0.458 e. The van der Waals surface area contributed by atoms with Gasteiger partial charge in [-0.2, -0.15) is 0 Å². The standard InChI is InChI=1S/C14H22Cl2O2/c1-3-5-6-8-12-10(9-15)13(14(17)18-12)11(16)7-4-2/h10,12H,3-9H2,1-2H3/b13-11-/t10-,12+/m1/s1. The molecule has 1 aliphatic rings. The maximum Gasteiger partial charge on any atom is 0.335 e. The van der Waals surface area contributed by atoms with Gasteiger partial charge < -0.3 is 4.74 Å². The molecule has 0 N–H and O–H groups in total. The molecule has 0 amide bonds. The first kappa shape index (κ1) is 15.8. The summed E-state index contributed by atoms with van der Waals surface area (Å²) in [6, 6.07) is 0. The Morgan fingerprint density at radius 3 is 2.56 bits per heavy atom. The molecular weight excluding hydrogens is 271 g/mol. The SMILES string of the molecule is CCCCC[C@@H]1OC(=O)/C(=C(\Cl)CCC)[C@@H]1CCl. The number of hydrogen-bond acceptors (Lipinski definition) is 2. The molecule has 0 aromatic carbocycles.